The normalized spacial score (nSPS) is 26.1. The molecule has 110 valence electrons. The average Bonchev–Trinajstić information content (AvgIpc) is 3.20. The number of rotatable bonds is 2. The molecule has 1 aromatic carbocycles. The Bertz CT molecular complexity index is 474. The van der Waals surface area contributed by atoms with Crippen molar-refractivity contribution in [1.82, 2.24) is 4.90 Å². The number of aliphatic imine (C=N–C) groups is 1. The van der Waals surface area contributed by atoms with Gasteiger partial charge in [0, 0.05) is 24.0 Å². The van der Waals surface area contributed by atoms with Gasteiger partial charge in [-0.3, -0.25) is 0 Å². The number of guanidine groups is 1. The maximum absolute atomic E-state index is 6.05. The highest BCUT2D eigenvalue weighted by molar-refractivity contribution is 14.0. The molecule has 0 unspecified atom stereocenters. The molecule has 0 bridgehead atoms. The lowest BCUT2D eigenvalue weighted by molar-refractivity contribution is 0.0674. The number of halogens is 2. The van der Waals surface area contributed by atoms with Crippen LogP contribution in [0.25, 0.3) is 0 Å². The Morgan fingerprint density at radius 1 is 1.25 bits per heavy atom. The average molecular weight is 408 g/mol. The van der Waals surface area contributed by atoms with Crippen molar-refractivity contribution in [3.8, 4) is 0 Å². The fourth-order valence-electron chi connectivity index (χ4n) is 2.44. The maximum atomic E-state index is 6.05. The lowest BCUT2D eigenvalue weighted by atomic mass is 10.1. The summed E-state index contributed by atoms with van der Waals surface area (Å²) in [6.45, 7) is 3.16. The van der Waals surface area contributed by atoms with Gasteiger partial charge in [-0.1, -0.05) is 23.7 Å². The van der Waals surface area contributed by atoms with Crippen molar-refractivity contribution < 1.29 is 4.74 Å². The predicted octanol–water partition coefficient (Wildman–Crippen LogP) is 2.46. The first-order chi connectivity index (χ1) is 9.24. The van der Waals surface area contributed by atoms with E-state index < -0.39 is 0 Å². The molecule has 2 N–H and O–H groups in total. The number of morpholine rings is 1. The summed E-state index contributed by atoms with van der Waals surface area (Å²) in [6, 6.07) is 8.34. The van der Waals surface area contributed by atoms with Crippen LogP contribution in [0.4, 0.5) is 0 Å². The van der Waals surface area contributed by atoms with Crippen molar-refractivity contribution in [2.75, 3.05) is 26.3 Å². The largest absolute Gasteiger partial charge is 0.378 e. The van der Waals surface area contributed by atoms with E-state index in [1.54, 1.807) is 0 Å². The van der Waals surface area contributed by atoms with Crippen LogP contribution < -0.4 is 5.73 Å². The second-order valence-corrected chi connectivity index (χ2v) is 5.48. The summed E-state index contributed by atoms with van der Waals surface area (Å²) in [5.74, 6) is 1.15. The van der Waals surface area contributed by atoms with Crippen molar-refractivity contribution in [3.05, 3.63) is 34.9 Å². The Hall–Kier alpha value is -0.530. The quantitative estimate of drug-likeness (QED) is 0.465. The first-order valence-corrected chi connectivity index (χ1v) is 7.03. The summed E-state index contributed by atoms with van der Waals surface area (Å²) in [5.41, 5.74) is 7.35. The number of hydrogen-bond acceptors (Lipinski definition) is 2. The zero-order valence-electron chi connectivity index (χ0n) is 11.2. The molecular formula is C14H19ClIN3O. The first-order valence-electron chi connectivity index (χ1n) is 6.65. The van der Waals surface area contributed by atoms with Gasteiger partial charge in [0.1, 0.15) is 0 Å². The third-order valence-electron chi connectivity index (χ3n) is 3.69. The predicted molar refractivity (Wildman–Crippen MR) is 92.0 cm³/mol. The number of nitrogens with zero attached hydrogens (tertiary/aromatic N) is 2. The molecule has 1 aliphatic heterocycles. The number of ether oxygens (including phenoxy) is 1. The molecule has 1 saturated carbocycles. The molecule has 0 radical (unpaired) electrons. The Kier molecular flexibility index (Phi) is 5.51. The fourth-order valence-corrected chi connectivity index (χ4v) is 2.56. The van der Waals surface area contributed by atoms with E-state index in [-0.39, 0.29) is 24.0 Å². The van der Waals surface area contributed by atoms with Crippen LogP contribution in [0.1, 0.15) is 17.9 Å². The van der Waals surface area contributed by atoms with Crippen LogP contribution in [0.15, 0.2) is 29.3 Å². The standard InChI is InChI=1S/C14H18ClN3O.HI/c15-11-3-1-10(2-4-11)12-9-13(12)17-14(16)18-5-7-19-8-6-18;/h1-4,12-13H,5-9H2,(H2,16,17);1H/t12-,13+;/m0./s1. The van der Waals surface area contributed by atoms with Gasteiger partial charge in [0.05, 0.1) is 19.3 Å². The van der Waals surface area contributed by atoms with Crippen LogP contribution >= 0.6 is 35.6 Å². The molecule has 1 heterocycles. The van der Waals surface area contributed by atoms with Gasteiger partial charge in [-0.15, -0.1) is 24.0 Å². The summed E-state index contributed by atoms with van der Waals surface area (Å²) in [7, 11) is 0. The molecule has 1 aliphatic carbocycles. The molecule has 0 spiro atoms. The molecule has 1 saturated heterocycles. The van der Waals surface area contributed by atoms with E-state index in [1.165, 1.54) is 5.56 Å². The molecule has 2 atom stereocenters. The zero-order chi connectivity index (χ0) is 13.2. The molecule has 0 amide bonds. The van der Waals surface area contributed by atoms with Crippen molar-refractivity contribution >= 4 is 41.5 Å². The third kappa shape index (κ3) is 3.77. The van der Waals surface area contributed by atoms with E-state index in [2.05, 4.69) is 22.0 Å². The van der Waals surface area contributed by atoms with Gasteiger partial charge in [0.15, 0.2) is 5.96 Å². The molecule has 6 heteroatoms. The van der Waals surface area contributed by atoms with Gasteiger partial charge >= 0.3 is 0 Å². The Morgan fingerprint density at radius 2 is 1.90 bits per heavy atom. The van der Waals surface area contributed by atoms with Crippen LogP contribution in [0.3, 0.4) is 0 Å². The zero-order valence-corrected chi connectivity index (χ0v) is 14.3. The Morgan fingerprint density at radius 3 is 2.55 bits per heavy atom. The van der Waals surface area contributed by atoms with Crippen molar-refractivity contribution in [1.29, 1.82) is 0 Å². The highest BCUT2D eigenvalue weighted by Crippen LogP contribution is 2.43. The molecule has 2 aliphatic rings. The van der Waals surface area contributed by atoms with E-state index in [0.717, 1.165) is 37.7 Å². The SMILES string of the molecule is I.NC(=N[C@@H]1C[C@H]1c1ccc(Cl)cc1)N1CCOCC1. The van der Waals surface area contributed by atoms with Gasteiger partial charge in [-0.25, -0.2) is 4.99 Å². The summed E-state index contributed by atoms with van der Waals surface area (Å²) in [5, 5.41) is 0.775. The minimum atomic E-state index is 0. The van der Waals surface area contributed by atoms with Gasteiger partial charge in [-0.05, 0) is 24.1 Å². The summed E-state index contributed by atoms with van der Waals surface area (Å²) < 4.78 is 5.31. The van der Waals surface area contributed by atoms with Crippen LogP contribution in [0.2, 0.25) is 5.02 Å². The van der Waals surface area contributed by atoms with Crippen molar-refractivity contribution in [2.45, 2.75) is 18.4 Å². The maximum Gasteiger partial charge on any atom is 0.191 e. The van der Waals surface area contributed by atoms with Crippen LogP contribution in [0.5, 0.6) is 0 Å². The van der Waals surface area contributed by atoms with Crippen molar-refractivity contribution in [2.24, 2.45) is 10.7 Å². The second-order valence-electron chi connectivity index (χ2n) is 5.05. The fraction of sp³-hybridized carbons (Fsp3) is 0.500. The number of benzene rings is 1. The molecule has 1 aromatic rings. The lowest BCUT2D eigenvalue weighted by Crippen LogP contribution is -2.45. The molecule has 20 heavy (non-hydrogen) atoms. The minimum absolute atomic E-state index is 0. The second kappa shape index (κ2) is 6.95. The van der Waals surface area contributed by atoms with Crippen LogP contribution in [-0.2, 0) is 4.74 Å². The molecule has 3 rings (SSSR count). The van der Waals surface area contributed by atoms with Crippen molar-refractivity contribution in [3.63, 3.8) is 0 Å². The third-order valence-corrected chi connectivity index (χ3v) is 3.94. The van der Waals surface area contributed by atoms with Gasteiger partial charge < -0.3 is 15.4 Å². The van der Waals surface area contributed by atoms with E-state index >= 15 is 0 Å². The monoisotopic (exact) mass is 407 g/mol. The summed E-state index contributed by atoms with van der Waals surface area (Å²) >= 11 is 5.89. The van der Waals surface area contributed by atoms with Gasteiger partial charge in [-0.2, -0.15) is 0 Å². The molecular weight excluding hydrogens is 389 g/mol. The first kappa shape index (κ1) is 15.9. The van der Waals surface area contributed by atoms with E-state index in [1.807, 2.05) is 12.1 Å². The van der Waals surface area contributed by atoms with Crippen LogP contribution in [0, 0.1) is 0 Å². The highest BCUT2D eigenvalue weighted by Gasteiger charge is 2.38. The Labute approximate surface area is 141 Å². The number of hydrogen-bond donors (Lipinski definition) is 1. The topological polar surface area (TPSA) is 50.8 Å². The molecule has 4 nitrogen and oxygen atoms in total. The summed E-state index contributed by atoms with van der Waals surface area (Å²) in [6.07, 6.45) is 1.08. The van der Waals surface area contributed by atoms with Gasteiger partial charge in [0.2, 0.25) is 0 Å². The Balaban J connectivity index is 0.00000147. The minimum Gasteiger partial charge on any atom is -0.378 e. The van der Waals surface area contributed by atoms with E-state index in [0.29, 0.717) is 17.9 Å². The van der Waals surface area contributed by atoms with E-state index in [9.17, 15) is 0 Å². The van der Waals surface area contributed by atoms with Gasteiger partial charge in [0.25, 0.3) is 0 Å². The highest BCUT2D eigenvalue weighted by atomic mass is 127. The molecule has 0 aromatic heterocycles. The molecule has 2 fully saturated rings. The van der Waals surface area contributed by atoms with Crippen LogP contribution in [-0.4, -0.2) is 43.2 Å². The smallest absolute Gasteiger partial charge is 0.191 e. The summed E-state index contributed by atoms with van der Waals surface area (Å²) in [4.78, 5) is 6.72. The van der Waals surface area contributed by atoms with E-state index in [4.69, 9.17) is 22.1 Å². The number of nitrogens with two attached hydrogens (primary N) is 1. The lowest BCUT2D eigenvalue weighted by Gasteiger charge is -2.27.